The maximum Gasteiger partial charge on any atom is 0.408 e. The van der Waals surface area contributed by atoms with Crippen LogP contribution in [0.15, 0.2) is 12.3 Å². The molecule has 2 aliphatic rings. The van der Waals surface area contributed by atoms with E-state index >= 15 is 0 Å². The number of aliphatic hydroxyl groups is 1. The highest BCUT2D eigenvalue weighted by Gasteiger charge is 2.42. The van der Waals surface area contributed by atoms with E-state index in [0.717, 1.165) is 36.4 Å². The van der Waals surface area contributed by atoms with E-state index < -0.39 is 53.9 Å². The number of carbonyl (C=O) groups is 2. The predicted octanol–water partition coefficient (Wildman–Crippen LogP) is 5.02. The number of amides is 2. The van der Waals surface area contributed by atoms with Crippen molar-refractivity contribution in [2.24, 2.45) is 5.92 Å². The minimum atomic E-state index is -4.64. The van der Waals surface area contributed by atoms with Crippen molar-refractivity contribution in [1.29, 1.82) is 0 Å². The van der Waals surface area contributed by atoms with Crippen LogP contribution in [0.1, 0.15) is 78.7 Å². The van der Waals surface area contributed by atoms with E-state index in [9.17, 15) is 36.6 Å². The molecule has 8 nitrogen and oxygen atoms in total. The summed E-state index contributed by atoms with van der Waals surface area (Å²) >= 11 is 0.740. The van der Waals surface area contributed by atoms with Gasteiger partial charge >= 0.3 is 6.18 Å². The van der Waals surface area contributed by atoms with Gasteiger partial charge in [0.1, 0.15) is 17.6 Å². The fourth-order valence-corrected chi connectivity index (χ4v) is 5.77. The lowest BCUT2D eigenvalue weighted by Gasteiger charge is -2.31. The Balaban J connectivity index is 1.74. The smallest absolute Gasteiger partial charge is 0.393 e. The van der Waals surface area contributed by atoms with Crippen molar-refractivity contribution >= 4 is 29.0 Å². The van der Waals surface area contributed by atoms with Gasteiger partial charge in [-0.25, -0.2) is 18.7 Å². The lowest BCUT2D eigenvalue weighted by Crippen LogP contribution is -2.46. The van der Waals surface area contributed by atoms with Gasteiger partial charge in [-0.15, -0.1) is 11.3 Å². The number of alkyl halides is 5. The van der Waals surface area contributed by atoms with Gasteiger partial charge in [0.2, 0.25) is 0 Å². The summed E-state index contributed by atoms with van der Waals surface area (Å²) in [6.07, 6.45) is -5.05. The van der Waals surface area contributed by atoms with Crippen molar-refractivity contribution in [1.82, 2.24) is 20.2 Å². The van der Waals surface area contributed by atoms with Crippen LogP contribution in [0.3, 0.4) is 0 Å². The third-order valence-corrected chi connectivity index (χ3v) is 8.11. The van der Waals surface area contributed by atoms with Crippen LogP contribution in [-0.2, 0) is 0 Å². The summed E-state index contributed by atoms with van der Waals surface area (Å²) in [7, 11) is 0. The Morgan fingerprint density at radius 1 is 1.23 bits per heavy atom. The molecule has 2 amide bonds. The highest BCUT2D eigenvalue weighted by atomic mass is 32.1. The van der Waals surface area contributed by atoms with E-state index in [0.29, 0.717) is 19.4 Å². The van der Waals surface area contributed by atoms with Gasteiger partial charge in [-0.2, -0.15) is 13.2 Å². The summed E-state index contributed by atoms with van der Waals surface area (Å²) in [6.45, 7) is 4.98. The number of aromatic nitrogens is 2. The first-order valence-electron chi connectivity index (χ1n) is 12.7. The fraction of sp³-hybridized carbons (Fsp3) is 0.600. The average Bonchev–Trinajstić information content (AvgIpc) is 3.46. The maximum atomic E-state index is 14.3. The average molecular weight is 576 g/mol. The second kappa shape index (κ2) is 11.3. The number of rotatable bonds is 8. The second-order valence-corrected chi connectivity index (χ2v) is 11.3. The zero-order chi connectivity index (χ0) is 28.6. The van der Waals surface area contributed by atoms with Crippen LogP contribution in [0.2, 0.25) is 0 Å². The highest BCUT2D eigenvalue weighted by Crippen LogP contribution is 2.39. The molecule has 0 spiro atoms. The molecule has 0 radical (unpaired) electrons. The Labute approximate surface area is 226 Å². The number of nitrogens with one attached hydrogen (secondary N) is 2. The van der Waals surface area contributed by atoms with Crippen LogP contribution in [0.25, 0.3) is 10.4 Å². The molecule has 0 bridgehead atoms. The molecule has 1 aliphatic carbocycles. The van der Waals surface area contributed by atoms with Gasteiger partial charge in [-0.3, -0.25) is 9.59 Å². The Morgan fingerprint density at radius 3 is 2.46 bits per heavy atom. The molecule has 39 heavy (non-hydrogen) atoms. The zero-order valence-electron chi connectivity index (χ0n) is 21.6. The number of pyridine rings is 1. The molecule has 0 unspecified atom stereocenters. The van der Waals surface area contributed by atoms with Gasteiger partial charge in [-0.05, 0) is 44.6 Å². The summed E-state index contributed by atoms with van der Waals surface area (Å²) in [6, 6.07) is -1.57. The number of halogens is 5. The Hall–Kier alpha value is -2.87. The Bertz CT molecular complexity index is 1220. The van der Waals surface area contributed by atoms with Crippen LogP contribution >= 0.6 is 11.3 Å². The molecule has 2 aromatic rings. The third-order valence-electron chi connectivity index (χ3n) is 7.02. The molecule has 1 saturated heterocycles. The summed E-state index contributed by atoms with van der Waals surface area (Å²) in [4.78, 5) is 36.1. The van der Waals surface area contributed by atoms with E-state index in [1.54, 1.807) is 4.90 Å². The first kappa shape index (κ1) is 29.1. The quantitative estimate of drug-likeness (QED) is 0.382. The summed E-state index contributed by atoms with van der Waals surface area (Å²) in [5.74, 6) is -2.42. The van der Waals surface area contributed by atoms with Crippen LogP contribution in [-0.4, -0.2) is 68.7 Å². The molecule has 3 N–H and O–H groups in total. The normalized spacial score (nSPS) is 22.2. The standard InChI is InChI=1S/C25H30F5N5O3S/c1-11(2)20(25(28,29)30)33-17-9-15(21(26)27)16(10-31-17)19-18(24(38)35-6-4-5-12(35)3)34-23(39-19)22(37)32-13-7-14(36)8-13/h9-14,20-21,36H,4-8H2,1-3H3,(H,31,33)(H,32,37)/t12-,13-,14-,20+/m0/s1. The van der Waals surface area contributed by atoms with Gasteiger partial charge < -0.3 is 20.6 Å². The van der Waals surface area contributed by atoms with E-state index in [1.807, 2.05) is 6.92 Å². The zero-order valence-corrected chi connectivity index (χ0v) is 22.4. The van der Waals surface area contributed by atoms with E-state index in [2.05, 4.69) is 20.6 Å². The molecule has 3 heterocycles. The lowest BCUT2D eigenvalue weighted by atomic mass is 9.89. The van der Waals surface area contributed by atoms with Crippen molar-refractivity contribution in [2.75, 3.05) is 11.9 Å². The molecule has 14 heteroatoms. The molecular weight excluding hydrogens is 545 g/mol. The summed E-state index contributed by atoms with van der Waals surface area (Å²) < 4.78 is 68.9. The van der Waals surface area contributed by atoms with Crippen LogP contribution in [0.5, 0.6) is 0 Å². The molecule has 2 atom stereocenters. The van der Waals surface area contributed by atoms with Crippen LogP contribution in [0.4, 0.5) is 27.8 Å². The molecule has 214 valence electrons. The van der Waals surface area contributed by atoms with Gasteiger partial charge in [-0.1, -0.05) is 13.8 Å². The predicted molar refractivity (Wildman–Crippen MR) is 135 cm³/mol. The fourth-order valence-electron chi connectivity index (χ4n) is 4.77. The molecule has 4 rings (SSSR count). The van der Waals surface area contributed by atoms with E-state index in [4.69, 9.17) is 0 Å². The first-order chi connectivity index (χ1) is 18.3. The number of nitrogens with zero attached hydrogens (tertiary/aromatic N) is 3. The van der Waals surface area contributed by atoms with Crippen molar-refractivity contribution < 1.29 is 36.6 Å². The minimum Gasteiger partial charge on any atom is -0.393 e. The molecular formula is C25H30F5N5O3S. The number of aliphatic hydroxyl groups excluding tert-OH is 1. The van der Waals surface area contributed by atoms with Crippen molar-refractivity contribution in [3.8, 4) is 10.4 Å². The van der Waals surface area contributed by atoms with Crippen molar-refractivity contribution in [3.63, 3.8) is 0 Å². The number of hydrogen-bond acceptors (Lipinski definition) is 7. The molecule has 2 aromatic heterocycles. The first-order valence-corrected chi connectivity index (χ1v) is 13.5. The molecule has 1 saturated carbocycles. The molecule has 1 aliphatic heterocycles. The van der Waals surface area contributed by atoms with E-state index in [-0.39, 0.29) is 33.2 Å². The number of thiazole rings is 1. The maximum absolute atomic E-state index is 14.3. The number of hydrogen-bond donors (Lipinski definition) is 3. The van der Waals surface area contributed by atoms with Gasteiger partial charge in [0.05, 0.1) is 11.0 Å². The monoisotopic (exact) mass is 575 g/mol. The third kappa shape index (κ3) is 6.32. The molecule has 0 aromatic carbocycles. The highest BCUT2D eigenvalue weighted by molar-refractivity contribution is 7.17. The summed E-state index contributed by atoms with van der Waals surface area (Å²) in [5.41, 5.74) is -1.01. The van der Waals surface area contributed by atoms with Crippen LogP contribution in [0, 0.1) is 5.92 Å². The summed E-state index contributed by atoms with van der Waals surface area (Å²) in [5, 5.41) is 14.3. The lowest BCUT2D eigenvalue weighted by molar-refractivity contribution is -0.150. The SMILES string of the molecule is CC(C)[C@@H](Nc1cc(C(F)F)c(-c2sc(C(=O)N[C@H]3C[C@H](O)C3)nc2C(=O)N2CCC[C@@H]2C)cn1)C(F)(F)F. The Kier molecular flexibility index (Phi) is 8.45. The van der Waals surface area contributed by atoms with Gasteiger partial charge in [0.15, 0.2) is 5.01 Å². The van der Waals surface area contributed by atoms with Crippen molar-refractivity contribution in [3.05, 3.63) is 28.5 Å². The van der Waals surface area contributed by atoms with Gasteiger partial charge in [0.25, 0.3) is 18.2 Å². The number of anilines is 1. The minimum absolute atomic E-state index is 0.0107. The molecule has 2 fully saturated rings. The van der Waals surface area contributed by atoms with Crippen molar-refractivity contribution in [2.45, 2.75) is 83.3 Å². The van der Waals surface area contributed by atoms with Gasteiger partial charge in [0, 0.05) is 36.0 Å². The van der Waals surface area contributed by atoms with E-state index in [1.165, 1.54) is 13.8 Å². The Morgan fingerprint density at radius 2 is 1.92 bits per heavy atom. The van der Waals surface area contributed by atoms with Crippen LogP contribution < -0.4 is 10.6 Å². The second-order valence-electron chi connectivity index (χ2n) is 10.3. The number of likely N-dealkylation sites (tertiary alicyclic amines) is 1. The largest absolute Gasteiger partial charge is 0.408 e. The topological polar surface area (TPSA) is 107 Å². The number of carbonyl (C=O) groups excluding carboxylic acids is 2.